The van der Waals surface area contributed by atoms with Crippen molar-refractivity contribution in [3.8, 4) is 6.07 Å². The van der Waals surface area contributed by atoms with E-state index in [1.807, 2.05) is 17.0 Å². The van der Waals surface area contributed by atoms with Crippen molar-refractivity contribution in [1.29, 1.82) is 5.26 Å². The Morgan fingerprint density at radius 2 is 1.81 bits per heavy atom. The van der Waals surface area contributed by atoms with Gasteiger partial charge in [-0.15, -0.1) is 0 Å². The number of amides is 2. The Balaban J connectivity index is 1.50. The quantitative estimate of drug-likeness (QED) is 0.644. The van der Waals surface area contributed by atoms with Crippen LogP contribution in [0.15, 0.2) is 24.4 Å². The molecular weight excluding hydrogens is 466 g/mol. The highest BCUT2D eigenvalue weighted by Crippen LogP contribution is 2.44. The van der Waals surface area contributed by atoms with Crippen molar-refractivity contribution in [1.82, 2.24) is 19.8 Å². The minimum Gasteiger partial charge on any atom is -0.370 e. The van der Waals surface area contributed by atoms with Crippen LogP contribution < -0.4 is 10.2 Å². The Morgan fingerprint density at radius 1 is 1.11 bits per heavy atom. The maximum Gasteiger partial charge on any atom is 0.291 e. The summed E-state index contributed by atoms with van der Waals surface area (Å²) >= 11 is 0. The Bertz CT molecular complexity index is 1180. The largest absolute Gasteiger partial charge is 0.370 e. The van der Waals surface area contributed by atoms with Gasteiger partial charge in [0.1, 0.15) is 11.8 Å². The molecule has 3 aliphatic heterocycles. The number of anilines is 2. The van der Waals surface area contributed by atoms with Crippen LogP contribution in [0.25, 0.3) is 0 Å². The zero-order valence-electron chi connectivity index (χ0n) is 21.9. The summed E-state index contributed by atoms with van der Waals surface area (Å²) in [7, 11) is 0. The molecule has 0 saturated carbocycles. The van der Waals surface area contributed by atoms with Crippen LogP contribution in [0, 0.1) is 17.2 Å². The maximum atomic E-state index is 13.0. The van der Waals surface area contributed by atoms with Crippen molar-refractivity contribution >= 4 is 23.2 Å². The van der Waals surface area contributed by atoms with E-state index in [0.29, 0.717) is 5.92 Å². The second-order valence-corrected chi connectivity index (χ2v) is 10.8. The first-order valence-electron chi connectivity index (χ1n) is 13.6. The summed E-state index contributed by atoms with van der Waals surface area (Å²) in [6, 6.07) is 8.47. The van der Waals surface area contributed by atoms with Gasteiger partial charge in [-0.3, -0.25) is 14.5 Å². The van der Waals surface area contributed by atoms with Gasteiger partial charge in [0.2, 0.25) is 5.91 Å². The van der Waals surface area contributed by atoms with Crippen molar-refractivity contribution in [3.63, 3.8) is 0 Å². The summed E-state index contributed by atoms with van der Waals surface area (Å²) < 4.78 is 0. The van der Waals surface area contributed by atoms with Crippen molar-refractivity contribution in [3.05, 3.63) is 41.5 Å². The standard InChI is InChI=1S/C28H37N7O2/c1-20-7-13-34(14-8-20)25-17-22(5-6-24(25)32-27(37)26-30-19-23(18-29)31-26)28(35-11-3-4-12-35)9-15-33(16-10-28)21(2)36/h5-6,17,19-20H,3-4,7-16H2,1-2H3,(H,30,31)(H,32,37). The molecule has 0 spiro atoms. The molecule has 3 fully saturated rings. The lowest BCUT2D eigenvalue weighted by molar-refractivity contribution is -0.131. The van der Waals surface area contributed by atoms with Gasteiger partial charge in [-0.2, -0.15) is 5.26 Å². The summed E-state index contributed by atoms with van der Waals surface area (Å²) in [5.74, 6) is 0.611. The second-order valence-electron chi connectivity index (χ2n) is 10.8. The van der Waals surface area contributed by atoms with E-state index in [1.54, 1.807) is 6.92 Å². The molecule has 3 aliphatic rings. The number of aromatic amines is 1. The number of nitrogens with one attached hydrogen (secondary N) is 2. The van der Waals surface area contributed by atoms with Gasteiger partial charge in [0.25, 0.3) is 5.91 Å². The third-order valence-corrected chi connectivity index (χ3v) is 8.57. The molecule has 2 aromatic rings. The minimum absolute atomic E-state index is 0.106. The monoisotopic (exact) mass is 503 g/mol. The highest BCUT2D eigenvalue weighted by Gasteiger charge is 2.43. The molecule has 5 rings (SSSR count). The van der Waals surface area contributed by atoms with Crippen LogP contribution in [0.2, 0.25) is 0 Å². The zero-order chi connectivity index (χ0) is 26.0. The fourth-order valence-corrected chi connectivity index (χ4v) is 6.24. The van der Waals surface area contributed by atoms with E-state index < -0.39 is 0 Å². The van der Waals surface area contributed by atoms with Gasteiger partial charge in [-0.1, -0.05) is 13.0 Å². The smallest absolute Gasteiger partial charge is 0.291 e. The van der Waals surface area contributed by atoms with E-state index in [2.05, 4.69) is 44.1 Å². The normalized spacial score (nSPS) is 20.6. The number of hydrogen-bond acceptors (Lipinski definition) is 6. The van der Waals surface area contributed by atoms with Crippen LogP contribution in [-0.2, 0) is 10.3 Å². The van der Waals surface area contributed by atoms with Crippen molar-refractivity contribution < 1.29 is 9.59 Å². The van der Waals surface area contributed by atoms with Gasteiger partial charge in [0.05, 0.1) is 17.6 Å². The molecule has 1 aromatic heterocycles. The molecule has 0 unspecified atom stereocenters. The molecular formula is C28H37N7O2. The fraction of sp³-hybridized carbons (Fsp3) is 0.571. The number of hydrogen-bond donors (Lipinski definition) is 2. The van der Waals surface area contributed by atoms with Crippen LogP contribution in [0.1, 0.15) is 74.2 Å². The number of aromatic nitrogens is 2. The van der Waals surface area contributed by atoms with Gasteiger partial charge in [-0.25, -0.2) is 4.98 Å². The molecule has 2 amide bonds. The Morgan fingerprint density at radius 3 is 2.43 bits per heavy atom. The number of nitriles is 1. The van der Waals surface area contributed by atoms with E-state index >= 15 is 0 Å². The van der Waals surface area contributed by atoms with Crippen molar-refractivity contribution in [2.24, 2.45) is 5.92 Å². The van der Waals surface area contributed by atoms with Crippen LogP contribution in [0.3, 0.4) is 0 Å². The molecule has 1 aromatic carbocycles. The molecule has 0 atom stereocenters. The molecule has 3 saturated heterocycles. The SMILES string of the molecule is CC(=O)N1CCC(c2ccc(NC(=O)c3ncc(C#N)[nH]3)c(N3CCC(C)CC3)c2)(N2CCCC2)CC1. The predicted octanol–water partition coefficient (Wildman–Crippen LogP) is 3.70. The first-order valence-corrected chi connectivity index (χ1v) is 13.6. The van der Waals surface area contributed by atoms with Gasteiger partial charge in [-0.05, 0) is 75.2 Å². The molecule has 0 aliphatic carbocycles. The van der Waals surface area contributed by atoms with Crippen LogP contribution in [0.4, 0.5) is 11.4 Å². The maximum absolute atomic E-state index is 13.0. The minimum atomic E-state index is -0.357. The van der Waals surface area contributed by atoms with E-state index in [4.69, 9.17) is 5.26 Å². The number of carbonyl (C=O) groups is 2. The molecule has 9 heteroatoms. The first-order chi connectivity index (χ1) is 17.9. The summed E-state index contributed by atoms with van der Waals surface area (Å²) in [5.41, 5.74) is 3.23. The summed E-state index contributed by atoms with van der Waals surface area (Å²) in [6.45, 7) is 9.54. The Labute approximate surface area is 218 Å². The van der Waals surface area contributed by atoms with Gasteiger partial charge in [0.15, 0.2) is 5.82 Å². The van der Waals surface area contributed by atoms with Gasteiger partial charge < -0.3 is 20.1 Å². The lowest BCUT2D eigenvalue weighted by atomic mass is 9.79. The third kappa shape index (κ3) is 5.08. The number of benzene rings is 1. The molecule has 9 nitrogen and oxygen atoms in total. The number of nitrogens with zero attached hydrogens (tertiary/aromatic N) is 5. The topological polar surface area (TPSA) is 108 Å². The molecule has 0 radical (unpaired) electrons. The lowest BCUT2D eigenvalue weighted by Crippen LogP contribution is -2.53. The van der Waals surface area contributed by atoms with E-state index in [9.17, 15) is 9.59 Å². The summed E-state index contributed by atoms with van der Waals surface area (Å²) in [5, 5.41) is 12.1. The zero-order valence-corrected chi connectivity index (χ0v) is 21.9. The molecule has 2 N–H and O–H groups in total. The van der Waals surface area contributed by atoms with E-state index in [1.165, 1.54) is 24.6 Å². The Hall–Kier alpha value is -3.38. The van der Waals surface area contributed by atoms with E-state index in [0.717, 1.165) is 76.3 Å². The van der Waals surface area contributed by atoms with Crippen LogP contribution in [-0.4, -0.2) is 70.9 Å². The molecule has 0 bridgehead atoms. The van der Waals surface area contributed by atoms with Crippen LogP contribution in [0.5, 0.6) is 0 Å². The number of carbonyl (C=O) groups excluding carboxylic acids is 2. The number of rotatable bonds is 5. The molecule has 37 heavy (non-hydrogen) atoms. The highest BCUT2D eigenvalue weighted by molar-refractivity contribution is 6.03. The second kappa shape index (κ2) is 10.5. The average Bonchev–Trinajstić information content (AvgIpc) is 3.62. The van der Waals surface area contributed by atoms with Gasteiger partial charge in [0, 0.05) is 38.6 Å². The van der Waals surface area contributed by atoms with Crippen molar-refractivity contribution in [2.75, 3.05) is 49.5 Å². The summed E-state index contributed by atoms with van der Waals surface area (Å²) in [6.07, 6.45) is 7.85. The number of imidazole rings is 1. The first kappa shape index (κ1) is 25.3. The van der Waals surface area contributed by atoms with Crippen molar-refractivity contribution in [2.45, 2.75) is 57.9 Å². The Kier molecular flexibility index (Phi) is 7.20. The summed E-state index contributed by atoms with van der Waals surface area (Å²) in [4.78, 5) is 38.9. The van der Waals surface area contributed by atoms with Crippen LogP contribution >= 0.6 is 0 Å². The lowest BCUT2D eigenvalue weighted by Gasteiger charge is -2.48. The number of piperidine rings is 2. The number of H-pyrrole nitrogens is 1. The van der Waals surface area contributed by atoms with E-state index in [-0.39, 0.29) is 28.9 Å². The third-order valence-electron chi connectivity index (χ3n) is 8.57. The number of likely N-dealkylation sites (tertiary alicyclic amines) is 2. The highest BCUT2D eigenvalue weighted by atomic mass is 16.2. The fourth-order valence-electron chi connectivity index (χ4n) is 6.24. The van der Waals surface area contributed by atoms with Gasteiger partial charge >= 0.3 is 0 Å². The molecule has 196 valence electrons. The average molecular weight is 504 g/mol. The predicted molar refractivity (Wildman–Crippen MR) is 142 cm³/mol. The molecule has 4 heterocycles.